The third-order valence-electron chi connectivity index (χ3n) is 4.47. The highest BCUT2D eigenvalue weighted by molar-refractivity contribution is 7.98. The molecule has 11 nitrogen and oxygen atoms in total. The Hall–Kier alpha value is -1.99. The number of carboxylic acids is 1. The molecule has 0 bridgehead atoms. The molecule has 0 fully saturated rings. The summed E-state index contributed by atoms with van der Waals surface area (Å²) >= 11 is 2.92. The molecule has 32 heavy (non-hydrogen) atoms. The molecule has 0 aromatic carbocycles. The maximum Gasteiger partial charge on any atom is 0.326 e. The van der Waals surface area contributed by atoms with Gasteiger partial charge in [-0.3, -0.25) is 19.2 Å². The van der Waals surface area contributed by atoms with Gasteiger partial charge in [0.15, 0.2) is 0 Å². The van der Waals surface area contributed by atoms with Gasteiger partial charge in [0, 0.05) is 0 Å². The van der Waals surface area contributed by atoms with Gasteiger partial charge in [-0.2, -0.15) is 23.5 Å². The van der Waals surface area contributed by atoms with Crippen molar-refractivity contribution < 1.29 is 29.1 Å². The van der Waals surface area contributed by atoms with Crippen LogP contribution in [-0.2, 0) is 24.0 Å². The third-order valence-corrected chi connectivity index (χ3v) is 5.76. The molecule has 4 amide bonds. The lowest BCUT2D eigenvalue weighted by Crippen LogP contribution is -2.58. The summed E-state index contributed by atoms with van der Waals surface area (Å²) < 4.78 is 0. The average Bonchev–Trinajstić information content (AvgIpc) is 2.70. The van der Waals surface area contributed by atoms with Gasteiger partial charge in [-0.1, -0.05) is 13.8 Å². The van der Waals surface area contributed by atoms with E-state index in [1.807, 2.05) is 12.5 Å². The fourth-order valence-corrected chi connectivity index (χ4v) is 3.58. The Balaban J connectivity index is 5.34. The lowest BCUT2D eigenvalue weighted by molar-refractivity contribution is -0.142. The van der Waals surface area contributed by atoms with Crippen molar-refractivity contribution in [3.8, 4) is 0 Å². The molecule has 184 valence electrons. The van der Waals surface area contributed by atoms with Gasteiger partial charge in [0.05, 0.1) is 12.5 Å². The van der Waals surface area contributed by atoms with Crippen LogP contribution in [0, 0.1) is 5.92 Å². The molecule has 8 N–H and O–H groups in total. The highest BCUT2D eigenvalue weighted by Gasteiger charge is 2.31. The minimum atomic E-state index is -1.20. The lowest BCUT2D eigenvalue weighted by Gasteiger charge is -2.27. The SMILES string of the molecule is CSCCC(NC(=O)C(NC(=O)C(CCSC)NC(=O)C(N)CC(N)=O)C(C)C)C(=O)O. The molecule has 0 aliphatic rings. The van der Waals surface area contributed by atoms with Crippen LogP contribution in [0.3, 0.4) is 0 Å². The summed E-state index contributed by atoms with van der Waals surface area (Å²) in [6, 6.07) is -4.28. The number of nitrogens with one attached hydrogen (secondary N) is 3. The van der Waals surface area contributed by atoms with Gasteiger partial charge >= 0.3 is 5.97 Å². The number of hydrogen-bond acceptors (Lipinski definition) is 8. The van der Waals surface area contributed by atoms with Crippen LogP contribution in [0.15, 0.2) is 0 Å². The Morgan fingerprint density at radius 3 is 1.78 bits per heavy atom. The van der Waals surface area contributed by atoms with E-state index in [1.165, 1.54) is 23.5 Å². The van der Waals surface area contributed by atoms with E-state index in [0.29, 0.717) is 11.5 Å². The molecule has 0 rings (SSSR count). The van der Waals surface area contributed by atoms with E-state index < -0.39 is 53.8 Å². The first kappa shape index (κ1) is 30.0. The van der Waals surface area contributed by atoms with Crippen molar-refractivity contribution in [2.75, 3.05) is 24.0 Å². The number of aliphatic carboxylic acids is 1. The summed E-state index contributed by atoms with van der Waals surface area (Å²) in [6.07, 6.45) is 3.80. The van der Waals surface area contributed by atoms with E-state index in [0.717, 1.165) is 0 Å². The molecule has 0 aliphatic carbocycles. The molecule has 13 heteroatoms. The fraction of sp³-hybridized carbons (Fsp3) is 0.737. The van der Waals surface area contributed by atoms with Gasteiger partial charge in [0.1, 0.15) is 18.1 Å². The van der Waals surface area contributed by atoms with Crippen LogP contribution in [0.4, 0.5) is 0 Å². The lowest BCUT2D eigenvalue weighted by atomic mass is 10.0. The molecule has 4 atom stereocenters. The minimum Gasteiger partial charge on any atom is -0.480 e. The molecule has 0 spiro atoms. The monoisotopic (exact) mass is 493 g/mol. The summed E-state index contributed by atoms with van der Waals surface area (Å²) in [4.78, 5) is 60.3. The number of carboxylic acid groups (broad SMARTS) is 1. The summed E-state index contributed by atoms with van der Waals surface area (Å²) in [5, 5.41) is 16.9. The quantitative estimate of drug-likeness (QED) is 0.155. The Morgan fingerprint density at radius 2 is 1.34 bits per heavy atom. The second-order valence-corrected chi connectivity index (χ2v) is 9.50. The molecule has 0 saturated carbocycles. The van der Waals surface area contributed by atoms with Crippen LogP contribution in [-0.4, -0.2) is 82.9 Å². The summed E-state index contributed by atoms with van der Waals surface area (Å²) in [5.74, 6) is -3.10. The van der Waals surface area contributed by atoms with E-state index in [-0.39, 0.29) is 25.2 Å². The minimum absolute atomic E-state index is 0.241. The molecule has 0 radical (unpaired) electrons. The summed E-state index contributed by atoms with van der Waals surface area (Å²) in [5.41, 5.74) is 10.7. The van der Waals surface area contributed by atoms with Gasteiger partial charge in [-0.15, -0.1) is 0 Å². The molecule has 4 unspecified atom stereocenters. The van der Waals surface area contributed by atoms with E-state index in [1.54, 1.807) is 13.8 Å². The predicted octanol–water partition coefficient (Wildman–Crippen LogP) is -1.11. The van der Waals surface area contributed by atoms with Gasteiger partial charge in [-0.25, -0.2) is 4.79 Å². The second-order valence-electron chi connectivity index (χ2n) is 7.53. The first-order chi connectivity index (χ1) is 14.9. The van der Waals surface area contributed by atoms with Crippen molar-refractivity contribution in [2.45, 2.75) is 57.3 Å². The molecule has 0 aliphatic heterocycles. The highest BCUT2D eigenvalue weighted by atomic mass is 32.2. The number of carbonyl (C=O) groups excluding carboxylic acids is 4. The number of carbonyl (C=O) groups is 5. The number of amides is 4. The molecule has 0 aromatic rings. The van der Waals surface area contributed by atoms with Gasteiger partial charge in [0.2, 0.25) is 23.6 Å². The van der Waals surface area contributed by atoms with Crippen molar-refractivity contribution in [1.82, 2.24) is 16.0 Å². The zero-order chi connectivity index (χ0) is 24.8. The number of rotatable bonds is 16. The van der Waals surface area contributed by atoms with Crippen LogP contribution in [0.25, 0.3) is 0 Å². The van der Waals surface area contributed by atoms with E-state index in [4.69, 9.17) is 11.5 Å². The van der Waals surface area contributed by atoms with Crippen molar-refractivity contribution in [3.05, 3.63) is 0 Å². The number of thioether (sulfide) groups is 2. The Labute approximate surface area is 196 Å². The van der Waals surface area contributed by atoms with Crippen molar-refractivity contribution in [2.24, 2.45) is 17.4 Å². The number of nitrogens with two attached hydrogens (primary N) is 2. The maximum atomic E-state index is 12.9. The topological polar surface area (TPSA) is 194 Å². The van der Waals surface area contributed by atoms with Gasteiger partial charge < -0.3 is 32.5 Å². The van der Waals surface area contributed by atoms with E-state index in [2.05, 4.69) is 16.0 Å². The molecule has 0 saturated heterocycles. The van der Waals surface area contributed by atoms with Gasteiger partial charge in [0.25, 0.3) is 0 Å². The van der Waals surface area contributed by atoms with Crippen molar-refractivity contribution in [1.29, 1.82) is 0 Å². The number of hydrogen-bond donors (Lipinski definition) is 6. The van der Waals surface area contributed by atoms with Crippen LogP contribution >= 0.6 is 23.5 Å². The van der Waals surface area contributed by atoms with Crippen molar-refractivity contribution in [3.63, 3.8) is 0 Å². The Bertz CT molecular complexity index is 664. The normalized spacial score (nSPS) is 14.7. The first-order valence-electron chi connectivity index (χ1n) is 10.1. The van der Waals surface area contributed by atoms with Crippen LogP contribution < -0.4 is 27.4 Å². The molecular formula is C19H35N5O6S2. The van der Waals surface area contributed by atoms with Crippen LogP contribution in [0.5, 0.6) is 0 Å². The Morgan fingerprint density at radius 1 is 0.844 bits per heavy atom. The van der Waals surface area contributed by atoms with E-state index >= 15 is 0 Å². The largest absolute Gasteiger partial charge is 0.480 e. The highest BCUT2D eigenvalue weighted by Crippen LogP contribution is 2.08. The standard InChI is InChI=1S/C19H35N5O6S2/c1-10(2)15(18(28)23-13(19(29)30)6-8-32-4)24-17(27)12(5-7-31-3)22-16(26)11(20)9-14(21)25/h10-13,15H,5-9,20H2,1-4H3,(H2,21,25)(H,22,26)(H,23,28)(H,24,27)(H,29,30). The smallest absolute Gasteiger partial charge is 0.326 e. The predicted molar refractivity (Wildman–Crippen MR) is 126 cm³/mol. The molecular weight excluding hydrogens is 458 g/mol. The third kappa shape index (κ3) is 11.6. The zero-order valence-electron chi connectivity index (χ0n) is 18.9. The molecule has 0 aromatic heterocycles. The maximum absolute atomic E-state index is 12.9. The second kappa shape index (κ2) is 15.8. The average molecular weight is 494 g/mol. The zero-order valence-corrected chi connectivity index (χ0v) is 20.5. The van der Waals surface area contributed by atoms with Crippen LogP contribution in [0.1, 0.15) is 33.1 Å². The fourth-order valence-electron chi connectivity index (χ4n) is 2.64. The number of primary amides is 1. The first-order valence-corrected chi connectivity index (χ1v) is 12.9. The van der Waals surface area contributed by atoms with Crippen LogP contribution in [0.2, 0.25) is 0 Å². The summed E-state index contributed by atoms with van der Waals surface area (Å²) in [7, 11) is 0. The van der Waals surface area contributed by atoms with Gasteiger partial charge in [-0.05, 0) is 42.8 Å². The Kier molecular flexibility index (Phi) is 14.8. The molecule has 0 heterocycles. The van der Waals surface area contributed by atoms with Crippen molar-refractivity contribution >= 4 is 53.1 Å². The summed E-state index contributed by atoms with van der Waals surface area (Å²) in [6.45, 7) is 3.42. The van der Waals surface area contributed by atoms with E-state index in [9.17, 15) is 29.1 Å².